The summed E-state index contributed by atoms with van der Waals surface area (Å²) in [6.07, 6.45) is 1.10. The first-order valence-corrected chi connectivity index (χ1v) is 13.5. The topological polar surface area (TPSA) is 83.1 Å². The van der Waals surface area contributed by atoms with E-state index in [0.29, 0.717) is 46.9 Å². The van der Waals surface area contributed by atoms with Gasteiger partial charge in [-0.05, 0) is 54.6 Å². The molecule has 3 aromatic rings. The Bertz CT molecular complexity index is 1430. The number of carbonyl (C=O) groups is 2. The lowest BCUT2D eigenvalue weighted by molar-refractivity contribution is -0.140. The maximum Gasteiger partial charge on any atom is 0.336 e. The van der Waals surface area contributed by atoms with E-state index in [9.17, 15) is 9.59 Å². The molecular weight excluding hydrogens is 502 g/mol. The standard InChI is InChI=1S/C30H27NO6S/c1-18-27(30(33)35-12-11-34-21-6-3-2-4-7-21)28(19-9-10-24-25(16-19)37-17-36-24)29-22(31-18)14-20(15-23(29)32)26-8-5-13-38-26/h2-10,13,16,20,28,31H,11-12,14-15,17H2,1H3/t20-,28-/m0/s1. The number of hydrogen-bond acceptors (Lipinski definition) is 8. The molecule has 0 saturated heterocycles. The van der Waals surface area contributed by atoms with E-state index in [-0.39, 0.29) is 31.7 Å². The minimum atomic E-state index is -0.569. The van der Waals surface area contributed by atoms with Crippen molar-refractivity contribution in [1.29, 1.82) is 0 Å². The van der Waals surface area contributed by atoms with E-state index in [0.717, 1.165) is 11.3 Å². The third kappa shape index (κ3) is 4.67. The van der Waals surface area contributed by atoms with E-state index in [1.165, 1.54) is 4.88 Å². The van der Waals surface area contributed by atoms with Gasteiger partial charge >= 0.3 is 5.97 Å². The van der Waals surface area contributed by atoms with E-state index in [1.54, 1.807) is 11.3 Å². The second-order valence-corrected chi connectivity index (χ2v) is 10.4. The highest BCUT2D eigenvalue weighted by atomic mass is 32.1. The Kier molecular flexibility index (Phi) is 6.64. The molecule has 3 aliphatic rings. The zero-order valence-electron chi connectivity index (χ0n) is 20.9. The summed E-state index contributed by atoms with van der Waals surface area (Å²) in [6.45, 7) is 2.31. The number of thiophene rings is 1. The highest BCUT2D eigenvalue weighted by Crippen LogP contribution is 2.47. The van der Waals surface area contributed by atoms with Crippen LogP contribution in [-0.2, 0) is 14.3 Å². The monoisotopic (exact) mass is 529 g/mol. The third-order valence-corrected chi connectivity index (χ3v) is 8.09. The molecule has 6 rings (SSSR count). The molecule has 0 spiro atoms. The quantitative estimate of drug-likeness (QED) is 0.321. The van der Waals surface area contributed by atoms with Crippen molar-refractivity contribution in [3.63, 3.8) is 0 Å². The number of nitrogens with one attached hydrogen (secondary N) is 1. The fourth-order valence-corrected chi connectivity index (χ4v) is 6.18. The van der Waals surface area contributed by atoms with Crippen LogP contribution in [0.3, 0.4) is 0 Å². The Balaban J connectivity index is 1.29. The van der Waals surface area contributed by atoms with Crippen LogP contribution in [0.4, 0.5) is 0 Å². The first-order valence-electron chi connectivity index (χ1n) is 12.6. The Morgan fingerprint density at radius 3 is 2.68 bits per heavy atom. The van der Waals surface area contributed by atoms with Gasteiger partial charge in [0.15, 0.2) is 17.3 Å². The average Bonchev–Trinajstić information content (AvgIpc) is 3.63. The van der Waals surface area contributed by atoms with Gasteiger partial charge in [-0.15, -0.1) is 11.3 Å². The summed E-state index contributed by atoms with van der Waals surface area (Å²) < 4.78 is 22.5. The van der Waals surface area contributed by atoms with E-state index < -0.39 is 11.9 Å². The number of allylic oxidation sites excluding steroid dienone is 3. The number of hydrogen-bond donors (Lipinski definition) is 1. The summed E-state index contributed by atoms with van der Waals surface area (Å²) in [4.78, 5) is 28.4. The fourth-order valence-electron chi connectivity index (χ4n) is 5.35. The molecule has 7 nitrogen and oxygen atoms in total. The largest absolute Gasteiger partial charge is 0.490 e. The van der Waals surface area contributed by atoms with Crippen molar-refractivity contribution in [3.8, 4) is 17.2 Å². The van der Waals surface area contributed by atoms with Crippen LogP contribution in [0.2, 0.25) is 0 Å². The molecule has 0 amide bonds. The molecule has 0 saturated carbocycles. The molecule has 1 N–H and O–H groups in total. The average molecular weight is 530 g/mol. The zero-order chi connectivity index (χ0) is 26.1. The number of ketones is 1. The van der Waals surface area contributed by atoms with E-state index in [4.69, 9.17) is 18.9 Å². The number of fused-ring (bicyclic) bond motifs is 1. The van der Waals surface area contributed by atoms with Gasteiger partial charge in [0.25, 0.3) is 0 Å². The third-order valence-electron chi connectivity index (χ3n) is 7.05. The van der Waals surface area contributed by atoms with E-state index >= 15 is 0 Å². The Hall–Kier alpha value is -4.04. The lowest BCUT2D eigenvalue weighted by atomic mass is 9.72. The van der Waals surface area contributed by atoms with Crippen LogP contribution in [0, 0.1) is 0 Å². The van der Waals surface area contributed by atoms with Crippen molar-refractivity contribution in [1.82, 2.24) is 5.32 Å². The predicted molar refractivity (Wildman–Crippen MR) is 142 cm³/mol. The van der Waals surface area contributed by atoms with Crippen LogP contribution in [0.1, 0.15) is 42.0 Å². The lowest BCUT2D eigenvalue weighted by Gasteiger charge is -2.36. The van der Waals surface area contributed by atoms with Gasteiger partial charge < -0.3 is 24.3 Å². The van der Waals surface area contributed by atoms with Crippen molar-refractivity contribution in [2.24, 2.45) is 0 Å². The molecule has 0 fully saturated rings. The van der Waals surface area contributed by atoms with Crippen molar-refractivity contribution < 1.29 is 28.5 Å². The molecule has 3 heterocycles. The number of ether oxygens (including phenoxy) is 4. The Labute approximate surface area is 224 Å². The maximum atomic E-state index is 13.7. The van der Waals surface area contributed by atoms with Crippen LogP contribution >= 0.6 is 11.3 Å². The van der Waals surface area contributed by atoms with Gasteiger partial charge in [-0.1, -0.05) is 30.3 Å². The highest BCUT2D eigenvalue weighted by Gasteiger charge is 2.42. The predicted octanol–water partition coefficient (Wildman–Crippen LogP) is 5.46. The van der Waals surface area contributed by atoms with E-state index in [1.807, 2.05) is 66.9 Å². The number of dihydropyridines is 1. The molecule has 0 radical (unpaired) electrons. The molecule has 2 aromatic carbocycles. The van der Waals surface area contributed by atoms with Gasteiger partial charge in [-0.3, -0.25) is 4.79 Å². The summed E-state index contributed by atoms with van der Waals surface area (Å²) >= 11 is 1.67. The lowest BCUT2D eigenvalue weighted by Crippen LogP contribution is -2.36. The second-order valence-electron chi connectivity index (χ2n) is 9.44. The second kappa shape index (κ2) is 10.4. The normalized spacial score (nSPS) is 20.2. The van der Waals surface area contributed by atoms with Crippen molar-refractivity contribution in [2.45, 2.75) is 31.6 Å². The van der Waals surface area contributed by atoms with Gasteiger partial charge in [0.1, 0.15) is 19.0 Å². The Morgan fingerprint density at radius 2 is 1.87 bits per heavy atom. The minimum absolute atomic E-state index is 0.0324. The number of para-hydroxylation sites is 1. The molecule has 1 aromatic heterocycles. The van der Waals surface area contributed by atoms with Gasteiger partial charge in [0, 0.05) is 40.1 Å². The molecule has 2 atom stereocenters. The molecule has 0 bridgehead atoms. The number of rotatable bonds is 7. The summed E-state index contributed by atoms with van der Waals surface area (Å²) in [7, 11) is 0. The molecular formula is C30H27NO6S. The Morgan fingerprint density at radius 1 is 1.03 bits per heavy atom. The summed E-state index contributed by atoms with van der Waals surface area (Å²) in [6, 6.07) is 19.0. The molecule has 0 unspecified atom stereocenters. The SMILES string of the molecule is CC1=C(C(=O)OCCOc2ccccc2)[C@H](c2ccc3c(c2)OCO3)C2=C(C[C@H](c3cccs3)CC2=O)N1. The number of benzene rings is 2. The maximum absolute atomic E-state index is 13.7. The van der Waals surface area contributed by atoms with Crippen molar-refractivity contribution in [2.75, 3.05) is 20.0 Å². The summed E-state index contributed by atoms with van der Waals surface area (Å²) in [5.41, 5.74) is 3.38. The van der Waals surface area contributed by atoms with Crippen LogP contribution in [0.15, 0.2) is 88.6 Å². The number of esters is 1. The van der Waals surface area contributed by atoms with Gasteiger partial charge in [0.2, 0.25) is 6.79 Å². The molecule has 8 heteroatoms. The first-order chi connectivity index (χ1) is 18.6. The first kappa shape index (κ1) is 24.3. The number of carbonyl (C=O) groups excluding carboxylic acids is 2. The van der Waals surface area contributed by atoms with Gasteiger partial charge in [-0.2, -0.15) is 0 Å². The van der Waals surface area contributed by atoms with Crippen LogP contribution in [0.25, 0.3) is 0 Å². The van der Waals surface area contributed by atoms with E-state index in [2.05, 4.69) is 11.4 Å². The number of Topliss-reactive ketones (excluding diaryl/α,β-unsaturated/α-hetero) is 1. The smallest absolute Gasteiger partial charge is 0.336 e. The highest BCUT2D eigenvalue weighted by molar-refractivity contribution is 7.10. The van der Waals surface area contributed by atoms with Gasteiger partial charge in [-0.25, -0.2) is 4.79 Å². The van der Waals surface area contributed by atoms with Crippen molar-refractivity contribution in [3.05, 3.63) is 99.0 Å². The minimum Gasteiger partial charge on any atom is -0.490 e. The molecule has 38 heavy (non-hydrogen) atoms. The summed E-state index contributed by atoms with van der Waals surface area (Å²) in [5.74, 6) is 1.05. The van der Waals surface area contributed by atoms with Gasteiger partial charge in [0.05, 0.1) is 5.57 Å². The van der Waals surface area contributed by atoms with Crippen LogP contribution < -0.4 is 19.5 Å². The van der Waals surface area contributed by atoms with Crippen LogP contribution in [-0.4, -0.2) is 31.8 Å². The molecule has 2 aliphatic heterocycles. The summed E-state index contributed by atoms with van der Waals surface area (Å²) in [5, 5.41) is 5.43. The molecule has 194 valence electrons. The fraction of sp³-hybridized carbons (Fsp3) is 0.267. The zero-order valence-corrected chi connectivity index (χ0v) is 21.7. The van der Waals surface area contributed by atoms with Crippen molar-refractivity contribution >= 4 is 23.1 Å². The molecule has 1 aliphatic carbocycles. The van der Waals surface area contributed by atoms with Crippen LogP contribution in [0.5, 0.6) is 17.2 Å².